The van der Waals surface area contributed by atoms with Gasteiger partial charge in [0.15, 0.2) is 0 Å². The van der Waals surface area contributed by atoms with Gasteiger partial charge < -0.3 is 5.73 Å². The Balaban J connectivity index is 2.15. The van der Waals surface area contributed by atoms with E-state index in [9.17, 15) is 0 Å². The third kappa shape index (κ3) is 1.33. The van der Waals surface area contributed by atoms with Gasteiger partial charge in [-0.05, 0) is 13.0 Å². The number of hydrogen-bond acceptors (Lipinski definition) is 6. The largest absolute Gasteiger partial charge is 0.366 e. The van der Waals surface area contributed by atoms with E-state index < -0.39 is 0 Å². The van der Waals surface area contributed by atoms with Crippen LogP contribution in [0.25, 0.3) is 20.8 Å². The van der Waals surface area contributed by atoms with E-state index >= 15 is 0 Å². The Morgan fingerprint density at radius 2 is 2.25 bits per heavy atom. The Kier molecular flexibility index (Phi) is 1.87. The van der Waals surface area contributed by atoms with Crippen LogP contribution in [0.15, 0.2) is 12.3 Å². The summed E-state index contributed by atoms with van der Waals surface area (Å²) >= 11 is 1.55. The van der Waals surface area contributed by atoms with E-state index in [2.05, 4.69) is 25.4 Å². The van der Waals surface area contributed by atoms with Crippen LogP contribution in [-0.2, 0) is 0 Å². The van der Waals surface area contributed by atoms with Gasteiger partial charge in [0.1, 0.15) is 10.5 Å². The molecule has 0 saturated heterocycles. The fourth-order valence-corrected chi connectivity index (χ4v) is 2.45. The van der Waals surface area contributed by atoms with Crippen LogP contribution in [0.4, 0.5) is 5.95 Å². The lowest BCUT2D eigenvalue weighted by Crippen LogP contribution is -1.96. The monoisotopic (exact) mass is 232 g/mol. The van der Waals surface area contributed by atoms with Crippen LogP contribution in [0.5, 0.6) is 0 Å². The van der Waals surface area contributed by atoms with E-state index in [1.54, 1.807) is 17.5 Å². The number of nitrogens with two attached hydrogens (primary N) is 1. The summed E-state index contributed by atoms with van der Waals surface area (Å²) in [6.07, 6.45) is 1.62. The predicted octanol–water partition coefficient (Wildman–Crippen LogP) is 1.37. The fraction of sp³-hybridized carbons (Fsp3) is 0.111. The van der Waals surface area contributed by atoms with Crippen molar-refractivity contribution < 1.29 is 0 Å². The van der Waals surface area contributed by atoms with Gasteiger partial charge in [0.2, 0.25) is 5.95 Å². The number of thiophene rings is 1. The lowest BCUT2D eigenvalue weighted by molar-refractivity contribution is 0.996. The fourth-order valence-electron chi connectivity index (χ4n) is 1.45. The highest BCUT2D eigenvalue weighted by Gasteiger charge is 2.10. The first kappa shape index (κ1) is 9.22. The van der Waals surface area contributed by atoms with E-state index in [1.165, 1.54) is 0 Å². The number of aromatic amines is 1. The Hall–Kier alpha value is -2.02. The van der Waals surface area contributed by atoms with Crippen molar-refractivity contribution in [3.05, 3.63) is 18.0 Å². The van der Waals surface area contributed by atoms with Crippen LogP contribution in [-0.4, -0.2) is 25.4 Å². The molecule has 3 heterocycles. The zero-order valence-electron chi connectivity index (χ0n) is 8.43. The van der Waals surface area contributed by atoms with Gasteiger partial charge in [0.05, 0.1) is 11.1 Å². The second-order valence-corrected chi connectivity index (χ2v) is 4.41. The summed E-state index contributed by atoms with van der Waals surface area (Å²) in [5, 5.41) is 15.9. The number of hydrogen-bond donors (Lipinski definition) is 2. The Labute approximate surface area is 94.5 Å². The lowest BCUT2D eigenvalue weighted by atomic mass is 10.3. The molecule has 0 radical (unpaired) electrons. The summed E-state index contributed by atoms with van der Waals surface area (Å²) in [6, 6.07) is 2.03. The van der Waals surface area contributed by atoms with Gasteiger partial charge in [-0.1, -0.05) is 0 Å². The number of aromatic nitrogens is 5. The van der Waals surface area contributed by atoms with E-state index in [0.29, 0.717) is 0 Å². The smallest absolute Gasteiger partial charge is 0.240 e. The average Bonchev–Trinajstić information content (AvgIpc) is 2.83. The van der Waals surface area contributed by atoms with Gasteiger partial charge in [-0.15, -0.1) is 21.5 Å². The number of fused-ring (bicyclic) bond motifs is 1. The molecule has 0 atom stereocenters. The zero-order valence-corrected chi connectivity index (χ0v) is 9.25. The minimum absolute atomic E-state index is 0.182. The highest BCUT2D eigenvalue weighted by molar-refractivity contribution is 7.21. The molecule has 0 bridgehead atoms. The Morgan fingerprint density at radius 3 is 2.94 bits per heavy atom. The zero-order chi connectivity index (χ0) is 11.1. The van der Waals surface area contributed by atoms with Crippen LogP contribution in [0, 0.1) is 6.92 Å². The van der Waals surface area contributed by atoms with Crippen molar-refractivity contribution in [2.24, 2.45) is 0 Å². The molecule has 3 rings (SSSR count). The topological polar surface area (TPSA) is 93.4 Å². The Bertz CT molecular complexity index is 638. The summed E-state index contributed by atoms with van der Waals surface area (Å²) in [4.78, 5) is 5.87. The summed E-state index contributed by atoms with van der Waals surface area (Å²) < 4.78 is 0. The van der Waals surface area contributed by atoms with Crippen LogP contribution in [0.3, 0.4) is 0 Å². The lowest BCUT2D eigenvalue weighted by Gasteiger charge is -1.93. The summed E-state index contributed by atoms with van der Waals surface area (Å²) in [6.45, 7) is 1.98. The molecule has 0 fully saturated rings. The van der Waals surface area contributed by atoms with Gasteiger partial charge in [-0.25, -0.2) is 4.98 Å². The molecule has 7 heteroatoms. The molecular formula is C9H8N6S. The predicted molar refractivity (Wildman–Crippen MR) is 61.9 cm³/mol. The van der Waals surface area contributed by atoms with Crippen LogP contribution >= 0.6 is 11.3 Å². The van der Waals surface area contributed by atoms with Crippen molar-refractivity contribution >= 4 is 27.5 Å². The summed E-state index contributed by atoms with van der Waals surface area (Å²) in [5.74, 6) is 0.182. The number of H-pyrrole nitrogens is 1. The van der Waals surface area contributed by atoms with Crippen molar-refractivity contribution in [3.63, 3.8) is 0 Å². The number of nitrogens with zero attached hydrogens (tertiary/aromatic N) is 4. The van der Waals surface area contributed by atoms with Gasteiger partial charge in [-0.2, -0.15) is 5.10 Å². The summed E-state index contributed by atoms with van der Waals surface area (Å²) in [5.41, 5.74) is 7.15. The van der Waals surface area contributed by atoms with E-state index in [1.807, 2.05) is 13.0 Å². The molecule has 0 amide bonds. The molecule has 16 heavy (non-hydrogen) atoms. The highest BCUT2D eigenvalue weighted by Crippen LogP contribution is 2.31. The maximum atomic E-state index is 5.39. The van der Waals surface area contributed by atoms with Crippen LogP contribution in [0.2, 0.25) is 0 Å². The van der Waals surface area contributed by atoms with Gasteiger partial charge >= 0.3 is 0 Å². The van der Waals surface area contributed by atoms with E-state index in [0.717, 1.165) is 26.5 Å². The molecule has 0 aromatic carbocycles. The number of nitrogens with one attached hydrogen (secondary N) is 1. The second kappa shape index (κ2) is 3.24. The minimum Gasteiger partial charge on any atom is -0.366 e. The first-order valence-corrected chi connectivity index (χ1v) is 5.46. The number of rotatable bonds is 1. The highest BCUT2D eigenvalue weighted by atomic mass is 32.1. The van der Waals surface area contributed by atoms with Gasteiger partial charge in [-0.3, -0.25) is 5.10 Å². The van der Waals surface area contributed by atoms with Gasteiger partial charge in [0, 0.05) is 11.1 Å². The first-order valence-electron chi connectivity index (χ1n) is 4.64. The molecule has 6 nitrogen and oxygen atoms in total. The van der Waals surface area contributed by atoms with E-state index in [-0.39, 0.29) is 5.95 Å². The molecule has 0 aliphatic heterocycles. The van der Waals surface area contributed by atoms with Crippen LogP contribution in [0.1, 0.15) is 5.69 Å². The SMILES string of the molecule is Cc1[nH]nc2sc(-c3cnc(N)nn3)cc12. The van der Waals surface area contributed by atoms with E-state index in [4.69, 9.17) is 5.73 Å². The molecule has 0 spiro atoms. The molecule has 80 valence electrons. The van der Waals surface area contributed by atoms with Crippen molar-refractivity contribution in [2.45, 2.75) is 6.92 Å². The minimum atomic E-state index is 0.182. The third-order valence-corrected chi connectivity index (χ3v) is 3.32. The van der Waals surface area contributed by atoms with Crippen molar-refractivity contribution in [1.82, 2.24) is 25.4 Å². The normalized spacial score (nSPS) is 11.1. The maximum Gasteiger partial charge on any atom is 0.240 e. The standard InChI is InChI=1S/C9H8N6S/c1-4-5-2-7(16-8(5)14-12-4)6-3-11-9(10)15-13-6/h2-3H,1H3,(H,12,14)(H2,10,11,15). The molecule has 0 saturated carbocycles. The average molecular weight is 232 g/mol. The first-order chi connectivity index (χ1) is 7.74. The molecule has 3 N–H and O–H groups in total. The molecule has 3 aromatic heterocycles. The quantitative estimate of drug-likeness (QED) is 0.660. The molecule has 3 aromatic rings. The van der Waals surface area contributed by atoms with Crippen LogP contribution < -0.4 is 5.73 Å². The van der Waals surface area contributed by atoms with Crippen molar-refractivity contribution in [3.8, 4) is 10.6 Å². The van der Waals surface area contributed by atoms with Crippen molar-refractivity contribution in [2.75, 3.05) is 5.73 Å². The number of nitrogen functional groups attached to an aromatic ring is 1. The number of aryl methyl sites for hydroxylation is 1. The van der Waals surface area contributed by atoms with Gasteiger partial charge in [0.25, 0.3) is 0 Å². The number of anilines is 1. The molecule has 0 aliphatic carbocycles. The maximum absolute atomic E-state index is 5.39. The van der Waals surface area contributed by atoms with Crippen molar-refractivity contribution in [1.29, 1.82) is 0 Å². The summed E-state index contributed by atoms with van der Waals surface area (Å²) in [7, 11) is 0. The Morgan fingerprint density at radius 1 is 1.38 bits per heavy atom. The third-order valence-electron chi connectivity index (χ3n) is 2.27. The molecule has 0 aliphatic rings. The second-order valence-electron chi connectivity index (χ2n) is 3.38. The molecular weight excluding hydrogens is 224 g/mol. The molecule has 0 unspecified atom stereocenters.